The van der Waals surface area contributed by atoms with E-state index in [1.807, 2.05) is 6.92 Å². The summed E-state index contributed by atoms with van der Waals surface area (Å²) in [5.41, 5.74) is 1.26. The SMILES string of the molecule is CCOC(=O)C1=C(O)/C(=C/c2ccc(-c3ccccc3[N+](=O)[O-])o2)SC1=NC(=O)c1ccc(C)cc1. The van der Waals surface area contributed by atoms with Crippen molar-refractivity contribution in [2.24, 2.45) is 4.99 Å². The zero-order chi connectivity index (χ0) is 25.8. The van der Waals surface area contributed by atoms with E-state index in [9.17, 15) is 24.8 Å². The van der Waals surface area contributed by atoms with Crippen LogP contribution in [0.2, 0.25) is 0 Å². The Balaban J connectivity index is 1.69. The maximum atomic E-state index is 12.7. The zero-order valence-electron chi connectivity index (χ0n) is 19.3. The summed E-state index contributed by atoms with van der Waals surface area (Å²) in [6.07, 6.45) is 1.45. The number of hydrogen-bond acceptors (Lipinski definition) is 8. The molecule has 1 N–H and O–H groups in total. The van der Waals surface area contributed by atoms with Gasteiger partial charge in [0.15, 0.2) is 0 Å². The number of benzene rings is 2. The van der Waals surface area contributed by atoms with Crippen LogP contribution < -0.4 is 0 Å². The highest BCUT2D eigenvalue weighted by Gasteiger charge is 2.34. The minimum Gasteiger partial charge on any atom is -0.506 e. The molecule has 4 rings (SSSR count). The van der Waals surface area contributed by atoms with Crippen LogP contribution in [0.4, 0.5) is 5.69 Å². The average molecular weight is 505 g/mol. The average Bonchev–Trinajstić information content (AvgIpc) is 3.44. The van der Waals surface area contributed by atoms with Gasteiger partial charge in [0.05, 0.1) is 22.0 Å². The summed E-state index contributed by atoms with van der Waals surface area (Å²) >= 11 is 0.912. The monoisotopic (exact) mass is 504 g/mol. The summed E-state index contributed by atoms with van der Waals surface area (Å²) in [5.74, 6) is -1.27. The Hall–Kier alpha value is -4.44. The molecule has 182 valence electrons. The van der Waals surface area contributed by atoms with Crippen LogP contribution in [-0.4, -0.2) is 33.6 Å². The van der Waals surface area contributed by atoms with Gasteiger partial charge in [0.1, 0.15) is 27.9 Å². The highest BCUT2D eigenvalue weighted by atomic mass is 32.2. The predicted octanol–water partition coefficient (Wildman–Crippen LogP) is 5.87. The van der Waals surface area contributed by atoms with Gasteiger partial charge in [-0.15, -0.1) is 0 Å². The van der Waals surface area contributed by atoms with Gasteiger partial charge in [0.25, 0.3) is 11.6 Å². The minimum absolute atomic E-state index is 0.00625. The summed E-state index contributed by atoms with van der Waals surface area (Å²) in [5, 5.41) is 22.1. The number of rotatable bonds is 6. The van der Waals surface area contributed by atoms with Crippen LogP contribution in [0.3, 0.4) is 0 Å². The molecule has 0 radical (unpaired) electrons. The fourth-order valence-corrected chi connectivity index (χ4v) is 4.38. The fourth-order valence-electron chi connectivity index (χ4n) is 3.39. The first-order valence-electron chi connectivity index (χ1n) is 10.8. The van der Waals surface area contributed by atoms with Crippen molar-refractivity contribution >= 4 is 40.4 Å². The Bertz CT molecular complexity index is 1450. The number of thioether (sulfide) groups is 1. The van der Waals surface area contributed by atoms with Crippen molar-refractivity contribution in [2.45, 2.75) is 13.8 Å². The smallest absolute Gasteiger partial charge is 0.344 e. The first-order chi connectivity index (χ1) is 17.3. The summed E-state index contributed by atoms with van der Waals surface area (Å²) in [7, 11) is 0. The maximum Gasteiger partial charge on any atom is 0.344 e. The van der Waals surface area contributed by atoms with E-state index >= 15 is 0 Å². The van der Waals surface area contributed by atoms with Crippen molar-refractivity contribution in [2.75, 3.05) is 6.61 Å². The van der Waals surface area contributed by atoms with Crippen molar-refractivity contribution < 1.29 is 28.8 Å². The number of nitrogens with zero attached hydrogens (tertiary/aromatic N) is 2. The molecular formula is C26H20N2O7S. The van der Waals surface area contributed by atoms with E-state index < -0.39 is 22.6 Å². The third kappa shape index (κ3) is 5.13. The number of aliphatic hydroxyl groups excluding tert-OH is 1. The maximum absolute atomic E-state index is 12.7. The van der Waals surface area contributed by atoms with E-state index in [0.29, 0.717) is 11.1 Å². The van der Waals surface area contributed by atoms with Gasteiger partial charge in [-0.2, -0.15) is 0 Å². The van der Waals surface area contributed by atoms with Crippen molar-refractivity contribution in [1.82, 2.24) is 0 Å². The Morgan fingerprint density at radius 2 is 1.86 bits per heavy atom. The summed E-state index contributed by atoms with van der Waals surface area (Å²) in [6, 6.07) is 16.1. The number of aliphatic hydroxyl groups is 1. The van der Waals surface area contributed by atoms with Gasteiger partial charge in [-0.3, -0.25) is 14.9 Å². The largest absolute Gasteiger partial charge is 0.506 e. The van der Waals surface area contributed by atoms with Gasteiger partial charge in [-0.05, 0) is 50.3 Å². The lowest BCUT2D eigenvalue weighted by Crippen LogP contribution is -2.14. The first kappa shape index (κ1) is 24.7. The molecule has 1 aromatic heterocycles. The molecule has 0 atom stereocenters. The number of aliphatic imine (C=N–C) groups is 1. The highest BCUT2D eigenvalue weighted by molar-refractivity contribution is 8.18. The second kappa shape index (κ2) is 10.4. The molecule has 0 unspecified atom stereocenters. The van der Waals surface area contributed by atoms with Crippen molar-refractivity contribution in [3.05, 3.63) is 104 Å². The molecule has 2 heterocycles. The molecule has 0 saturated heterocycles. The molecule has 3 aromatic rings. The number of nitro benzene ring substituents is 1. The van der Waals surface area contributed by atoms with Crippen LogP contribution in [-0.2, 0) is 9.53 Å². The van der Waals surface area contributed by atoms with Gasteiger partial charge in [-0.1, -0.05) is 41.6 Å². The van der Waals surface area contributed by atoms with E-state index in [0.717, 1.165) is 17.3 Å². The van der Waals surface area contributed by atoms with E-state index in [4.69, 9.17) is 9.15 Å². The normalized spacial score (nSPS) is 15.5. The van der Waals surface area contributed by atoms with Crippen LogP contribution in [0.5, 0.6) is 0 Å². The second-order valence-electron chi connectivity index (χ2n) is 7.62. The summed E-state index contributed by atoms with van der Waals surface area (Å²) in [6.45, 7) is 3.57. The van der Waals surface area contributed by atoms with Crippen LogP contribution in [0.25, 0.3) is 17.4 Å². The number of para-hydroxylation sites is 1. The second-order valence-corrected chi connectivity index (χ2v) is 8.65. The topological polar surface area (TPSA) is 132 Å². The highest BCUT2D eigenvalue weighted by Crippen LogP contribution is 2.40. The van der Waals surface area contributed by atoms with Crippen LogP contribution in [0.15, 0.2) is 86.3 Å². The molecule has 0 fully saturated rings. The van der Waals surface area contributed by atoms with Crippen molar-refractivity contribution in [3.63, 3.8) is 0 Å². The number of esters is 1. The number of carbonyl (C=O) groups excluding carboxylic acids is 2. The van der Waals surface area contributed by atoms with E-state index in [2.05, 4.69) is 4.99 Å². The summed E-state index contributed by atoms with van der Waals surface area (Å²) in [4.78, 5) is 40.4. The predicted molar refractivity (Wildman–Crippen MR) is 136 cm³/mol. The first-order valence-corrected chi connectivity index (χ1v) is 11.6. The molecule has 1 aliphatic heterocycles. The molecule has 1 amide bonds. The number of furan rings is 1. The number of ether oxygens (including phenoxy) is 1. The number of nitro groups is 1. The Labute approximate surface area is 210 Å². The Morgan fingerprint density at radius 1 is 1.14 bits per heavy atom. The molecule has 2 aromatic carbocycles. The lowest BCUT2D eigenvalue weighted by molar-refractivity contribution is -0.384. The van der Waals surface area contributed by atoms with Crippen LogP contribution in [0.1, 0.15) is 28.6 Å². The number of hydrogen-bond donors (Lipinski definition) is 1. The molecule has 0 spiro atoms. The number of aryl methyl sites for hydroxylation is 1. The standard InChI is InChI=1S/C26H20N2O7S/c1-3-34-26(31)22-23(29)21(36-25(22)27-24(30)16-10-8-15(2)9-11-16)14-17-12-13-20(35-17)18-6-4-5-7-19(18)28(32)33/h4-14,29H,3H2,1-2H3/b21-14-,27-25?. The molecule has 0 bridgehead atoms. The Kier molecular flexibility index (Phi) is 7.16. The fraction of sp³-hybridized carbons (Fsp3) is 0.115. The van der Waals surface area contributed by atoms with Crippen molar-refractivity contribution in [1.29, 1.82) is 0 Å². The van der Waals surface area contributed by atoms with Crippen LogP contribution >= 0.6 is 11.8 Å². The molecule has 9 nitrogen and oxygen atoms in total. The van der Waals surface area contributed by atoms with E-state index in [-0.39, 0.29) is 39.3 Å². The van der Waals surface area contributed by atoms with Gasteiger partial charge < -0.3 is 14.3 Å². The van der Waals surface area contributed by atoms with Gasteiger partial charge in [0, 0.05) is 11.6 Å². The van der Waals surface area contributed by atoms with Gasteiger partial charge in [0.2, 0.25) is 0 Å². The molecule has 0 saturated carbocycles. The van der Waals surface area contributed by atoms with Crippen LogP contribution in [0, 0.1) is 17.0 Å². The third-order valence-corrected chi connectivity index (χ3v) is 6.16. The zero-order valence-corrected chi connectivity index (χ0v) is 20.1. The summed E-state index contributed by atoms with van der Waals surface area (Å²) < 4.78 is 10.8. The van der Waals surface area contributed by atoms with Gasteiger partial charge in [-0.25, -0.2) is 9.79 Å². The molecular weight excluding hydrogens is 484 g/mol. The quantitative estimate of drug-likeness (QED) is 0.251. The lowest BCUT2D eigenvalue weighted by atomic mass is 10.1. The number of amides is 1. The third-order valence-electron chi connectivity index (χ3n) is 5.14. The molecule has 0 aliphatic carbocycles. The van der Waals surface area contributed by atoms with Crippen molar-refractivity contribution in [3.8, 4) is 11.3 Å². The lowest BCUT2D eigenvalue weighted by Gasteiger charge is -2.03. The molecule has 10 heteroatoms. The minimum atomic E-state index is -0.818. The molecule has 36 heavy (non-hydrogen) atoms. The number of carbonyl (C=O) groups is 2. The molecule has 1 aliphatic rings. The Morgan fingerprint density at radius 3 is 2.56 bits per heavy atom. The van der Waals surface area contributed by atoms with E-state index in [1.165, 1.54) is 12.1 Å². The van der Waals surface area contributed by atoms with Gasteiger partial charge >= 0.3 is 5.97 Å². The van der Waals surface area contributed by atoms with E-state index in [1.54, 1.807) is 61.5 Å².